The van der Waals surface area contributed by atoms with Gasteiger partial charge in [-0.25, -0.2) is 0 Å². The molecule has 0 fully saturated rings. The maximum absolute atomic E-state index is 10.5. The van der Waals surface area contributed by atoms with Gasteiger partial charge in [0.25, 0.3) is 0 Å². The lowest BCUT2D eigenvalue weighted by atomic mass is 9.93. The van der Waals surface area contributed by atoms with Crippen molar-refractivity contribution < 1.29 is 9.84 Å². The van der Waals surface area contributed by atoms with Crippen molar-refractivity contribution in [3.8, 4) is 0 Å². The van der Waals surface area contributed by atoms with Gasteiger partial charge in [-0.2, -0.15) is 0 Å². The van der Waals surface area contributed by atoms with E-state index in [0.717, 1.165) is 16.5 Å². The summed E-state index contributed by atoms with van der Waals surface area (Å²) < 4.78 is 5.33. The van der Waals surface area contributed by atoms with Crippen molar-refractivity contribution in [3.63, 3.8) is 0 Å². The third-order valence-corrected chi connectivity index (χ3v) is 2.81. The van der Waals surface area contributed by atoms with E-state index in [1.165, 1.54) is 0 Å². The van der Waals surface area contributed by atoms with Crippen molar-refractivity contribution in [2.45, 2.75) is 19.4 Å². The second-order valence-electron chi connectivity index (χ2n) is 4.29. The van der Waals surface area contributed by atoms with Crippen LogP contribution in [0.4, 0.5) is 0 Å². The average molecular weight is 231 g/mol. The Bertz CT molecular complexity index is 503. The SMILES string of the molecule is CCOCC(C)(O)c1cccc2ncccc12. The summed E-state index contributed by atoms with van der Waals surface area (Å²) in [5.74, 6) is 0. The number of hydrogen-bond acceptors (Lipinski definition) is 3. The zero-order valence-electron chi connectivity index (χ0n) is 10.2. The number of aliphatic hydroxyl groups is 1. The minimum absolute atomic E-state index is 0.289. The lowest BCUT2D eigenvalue weighted by molar-refractivity contribution is -0.0333. The third-order valence-electron chi connectivity index (χ3n) is 2.81. The molecule has 2 aromatic rings. The van der Waals surface area contributed by atoms with Crippen LogP contribution in [0.3, 0.4) is 0 Å². The first-order valence-electron chi connectivity index (χ1n) is 5.79. The number of aromatic nitrogens is 1. The lowest BCUT2D eigenvalue weighted by Crippen LogP contribution is -2.28. The van der Waals surface area contributed by atoms with Crippen LogP contribution in [0.5, 0.6) is 0 Å². The van der Waals surface area contributed by atoms with Crippen LogP contribution in [0.1, 0.15) is 19.4 Å². The fraction of sp³-hybridized carbons (Fsp3) is 0.357. The molecule has 0 amide bonds. The molecule has 0 aliphatic carbocycles. The monoisotopic (exact) mass is 231 g/mol. The molecule has 1 aromatic heterocycles. The molecule has 0 bridgehead atoms. The average Bonchev–Trinajstić information content (AvgIpc) is 2.36. The van der Waals surface area contributed by atoms with Crippen molar-refractivity contribution in [1.29, 1.82) is 0 Å². The number of benzene rings is 1. The number of ether oxygens (including phenoxy) is 1. The molecule has 1 unspecified atom stereocenters. The Balaban J connectivity index is 2.47. The van der Waals surface area contributed by atoms with Gasteiger partial charge in [-0.1, -0.05) is 18.2 Å². The molecular formula is C14H17NO2. The van der Waals surface area contributed by atoms with Crippen molar-refractivity contribution in [2.24, 2.45) is 0 Å². The van der Waals surface area contributed by atoms with E-state index in [2.05, 4.69) is 4.98 Å². The Morgan fingerprint density at radius 1 is 1.29 bits per heavy atom. The fourth-order valence-corrected chi connectivity index (χ4v) is 1.95. The van der Waals surface area contributed by atoms with Gasteiger partial charge >= 0.3 is 0 Å². The number of nitrogens with zero attached hydrogens (tertiary/aromatic N) is 1. The van der Waals surface area contributed by atoms with E-state index in [0.29, 0.717) is 6.61 Å². The summed E-state index contributed by atoms with van der Waals surface area (Å²) in [7, 11) is 0. The molecule has 90 valence electrons. The van der Waals surface area contributed by atoms with Gasteiger partial charge in [-0.05, 0) is 31.5 Å². The maximum Gasteiger partial charge on any atom is 0.111 e. The smallest absolute Gasteiger partial charge is 0.111 e. The summed E-state index contributed by atoms with van der Waals surface area (Å²) in [6, 6.07) is 9.62. The van der Waals surface area contributed by atoms with Crippen LogP contribution < -0.4 is 0 Å². The van der Waals surface area contributed by atoms with Crippen LogP contribution >= 0.6 is 0 Å². The number of rotatable bonds is 4. The van der Waals surface area contributed by atoms with Gasteiger partial charge in [-0.3, -0.25) is 4.98 Å². The van der Waals surface area contributed by atoms with Crippen LogP contribution in [0.15, 0.2) is 36.5 Å². The van der Waals surface area contributed by atoms with Gasteiger partial charge < -0.3 is 9.84 Å². The molecule has 2 rings (SSSR count). The molecule has 1 aromatic carbocycles. The minimum atomic E-state index is -0.988. The molecule has 3 nitrogen and oxygen atoms in total. The Kier molecular flexibility index (Phi) is 3.41. The highest BCUT2D eigenvalue weighted by Crippen LogP contribution is 2.27. The lowest BCUT2D eigenvalue weighted by Gasteiger charge is -2.24. The summed E-state index contributed by atoms with van der Waals surface area (Å²) in [5.41, 5.74) is 0.761. The molecule has 1 heterocycles. The molecule has 0 aliphatic heterocycles. The van der Waals surface area contributed by atoms with Gasteiger partial charge in [0.15, 0.2) is 0 Å². The quantitative estimate of drug-likeness (QED) is 0.879. The zero-order chi connectivity index (χ0) is 12.3. The first-order chi connectivity index (χ1) is 8.15. The molecule has 1 atom stereocenters. The van der Waals surface area contributed by atoms with E-state index in [4.69, 9.17) is 4.74 Å². The minimum Gasteiger partial charge on any atom is -0.383 e. The summed E-state index contributed by atoms with van der Waals surface area (Å²) >= 11 is 0. The number of hydrogen-bond donors (Lipinski definition) is 1. The summed E-state index contributed by atoms with van der Waals surface area (Å²) in [4.78, 5) is 4.28. The molecule has 0 saturated heterocycles. The molecule has 0 saturated carbocycles. The van der Waals surface area contributed by atoms with E-state index in [9.17, 15) is 5.11 Å². The Labute approximate surface area is 101 Å². The van der Waals surface area contributed by atoms with E-state index in [1.54, 1.807) is 13.1 Å². The highest BCUT2D eigenvalue weighted by atomic mass is 16.5. The number of pyridine rings is 1. The Morgan fingerprint density at radius 2 is 2.12 bits per heavy atom. The van der Waals surface area contributed by atoms with Crippen LogP contribution in [-0.4, -0.2) is 23.3 Å². The predicted molar refractivity (Wildman–Crippen MR) is 67.8 cm³/mol. The molecule has 0 radical (unpaired) electrons. The molecule has 17 heavy (non-hydrogen) atoms. The van der Waals surface area contributed by atoms with Crippen molar-refractivity contribution in [3.05, 3.63) is 42.1 Å². The standard InChI is InChI=1S/C14H17NO2/c1-3-17-10-14(2,16)12-7-4-8-13-11(12)6-5-9-15-13/h4-9,16H,3,10H2,1-2H3. The van der Waals surface area contributed by atoms with Crippen molar-refractivity contribution >= 4 is 10.9 Å². The summed E-state index contributed by atoms with van der Waals surface area (Å²) in [6.07, 6.45) is 1.75. The largest absolute Gasteiger partial charge is 0.383 e. The Hall–Kier alpha value is -1.45. The van der Waals surface area contributed by atoms with Crippen LogP contribution in [0, 0.1) is 0 Å². The third kappa shape index (κ3) is 2.46. The van der Waals surface area contributed by atoms with Gasteiger partial charge in [0.05, 0.1) is 12.1 Å². The highest BCUT2D eigenvalue weighted by molar-refractivity contribution is 5.82. The molecule has 0 aliphatic rings. The van der Waals surface area contributed by atoms with E-state index in [1.807, 2.05) is 37.3 Å². The predicted octanol–water partition coefficient (Wildman–Crippen LogP) is 2.48. The molecule has 3 heteroatoms. The van der Waals surface area contributed by atoms with E-state index in [-0.39, 0.29) is 6.61 Å². The first-order valence-corrected chi connectivity index (χ1v) is 5.79. The maximum atomic E-state index is 10.5. The topological polar surface area (TPSA) is 42.4 Å². The van der Waals surface area contributed by atoms with Crippen LogP contribution in [-0.2, 0) is 10.3 Å². The molecule has 1 N–H and O–H groups in total. The zero-order valence-corrected chi connectivity index (χ0v) is 10.2. The van der Waals surface area contributed by atoms with Gasteiger partial charge in [0.1, 0.15) is 5.60 Å². The summed E-state index contributed by atoms with van der Waals surface area (Å²) in [6.45, 7) is 4.57. The second-order valence-corrected chi connectivity index (χ2v) is 4.29. The van der Waals surface area contributed by atoms with Gasteiger partial charge in [0, 0.05) is 18.2 Å². The summed E-state index contributed by atoms with van der Waals surface area (Å²) in [5, 5.41) is 11.4. The van der Waals surface area contributed by atoms with Crippen LogP contribution in [0.2, 0.25) is 0 Å². The fourth-order valence-electron chi connectivity index (χ4n) is 1.95. The molecule has 0 spiro atoms. The first kappa shape index (κ1) is 12.0. The van der Waals surface area contributed by atoms with E-state index >= 15 is 0 Å². The van der Waals surface area contributed by atoms with E-state index < -0.39 is 5.60 Å². The number of fused-ring (bicyclic) bond motifs is 1. The highest BCUT2D eigenvalue weighted by Gasteiger charge is 2.25. The van der Waals surface area contributed by atoms with Crippen LogP contribution in [0.25, 0.3) is 10.9 Å². The molecular weight excluding hydrogens is 214 g/mol. The van der Waals surface area contributed by atoms with Crippen molar-refractivity contribution in [2.75, 3.05) is 13.2 Å². The second kappa shape index (κ2) is 4.82. The van der Waals surface area contributed by atoms with Gasteiger partial charge in [0.2, 0.25) is 0 Å². The normalized spacial score (nSPS) is 14.8. The van der Waals surface area contributed by atoms with Crippen molar-refractivity contribution in [1.82, 2.24) is 4.98 Å². The Morgan fingerprint density at radius 3 is 2.88 bits per heavy atom. The van der Waals surface area contributed by atoms with Gasteiger partial charge in [-0.15, -0.1) is 0 Å².